The van der Waals surface area contributed by atoms with Crippen molar-refractivity contribution in [2.24, 2.45) is 11.7 Å². The predicted octanol–water partition coefficient (Wildman–Crippen LogP) is 2.20. The quantitative estimate of drug-likeness (QED) is 0.815. The van der Waals surface area contributed by atoms with Gasteiger partial charge in [0.1, 0.15) is 0 Å². The molecule has 0 aromatic heterocycles. The molecule has 1 aromatic carbocycles. The molecule has 0 aliphatic heterocycles. The van der Waals surface area contributed by atoms with Gasteiger partial charge in [-0.1, -0.05) is 30.7 Å². The minimum atomic E-state index is -0.677. The Hall–Kier alpha value is -0.860. The van der Waals surface area contributed by atoms with Crippen LogP contribution in [0.5, 0.6) is 0 Å². The third-order valence-corrected chi connectivity index (χ3v) is 3.88. The number of hydrogen-bond donors (Lipinski definition) is 2. The summed E-state index contributed by atoms with van der Waals surface area (Å²) in [6.45, 7) is 2.59. The van der Waals surface area contributed by atoms with Crippen molar-refractivity contribution in [3.63, 3.8) is 0 Å². The van der Waals surface area contributed by atoms with Gasteiger partial charge in [-0.3, -0.25) is 0 Å². The van der Waals surface area contributed by atoms with Crippen LogP contribution in [0, 0.1) is 5.92 Å². The summed E-state index contributed by atoms with van der Waals surface area (Å²) < 4.78 is 0. The summed E-state index contributed by atoms with van der Waals surface area (Å²) in [5, 5.41) is 10.7. The molecule has 1 saturated carbocycles. The van der Waals surface area contributed by atoms with Crippen molar-refractivity contribution in [3.05, 3.63) is 35.4 Å². The van der Waals surface area contributed by atoms with Gasteiger partial charge in [-0.25, -0.2) is 0 Å². The van der Waals surface area contributed by atoms with Crippen LogP contribution in [-0.4, -0.2) is 11.7 Å². The fraction of sp³-hybridized carbons (Fsp3) is 0.571. The Morgan fingerprint density at radius 1 is 1.38 bits per heavy atom. The second-order valence-electron chi connectivity index (χ2n) is 4.97. The van der Waals surface area contributed by atoms with Gasteiger partial charge in [0.05, 0.1) is 5.60 Å². The standard InChI is InChI=1S/C14H21NO/c1-14(16,12-6-4-7-12)13-8-3-2-5-11(13)9-10-15/h2-3,5,8,12,16H,4,6-7,9-10,15H2,1H3. The molecule has 1 aliphatic carbocycles. The Kier molecular flexibility index (Phi) is 3.31. The number of rotatable bonds is 4. The Labute approximate surface area is 97.5 Å². The van der Waals surface area contributed by atoms with Gasteiger partial charge >= 0.3 is 0 Å². The van der Waals surface area contributed by atoms with Crippen LogP contribution in [0.1, 0.15) is 37.3 Å². The van der Waals surface area contributed by atoms with Gasteiger partial charge < -0.3 is 10.8 Å². The van der Waals surface area contributed by atoms with E-state index in [2.05, 4.69) is 6.07 Å². The van der Waals surface area contributed by atoms with E-state index >= 15 is 0 Å². The highest BCUT2D eigenvalue weighted by atomic mass is 16.3. The lowest BCUT2D eigenvalue weighted by Gasteiger charge is -2.40. The van der Waals surface area contributed by atoms with Crippen molar-refractivity contribution in [1.29, 1.82) is 0 Å². The molecule has 1 aliphatic rings. The van der Waals surface area contributed by atoms with Gasteiger partial charge in [-0.05, 0) is 49.8 Å². The smallest absolute Gasteiger partial charge is 0.0899 e. The van der Waals surface area contributed by atoms with Crippen LogP contribution in [-0.2, 0) is 12.0 Å². The van der Waals surface area contributed by atoms with E-state index in [0.29, 0.717) is 12.5 Å². The molecular weight excluding hydrogens is 198 g/mol. The summed E-state index contributed by atoms with van der Waals surface area (Å²) in [4.78, 5) is 0. The lowest BCUT2D eigenvalue weighted by Crippen LogP contribution is -2.37. The molecule has 0 spiro atoms. The zero-order valence-corrected chi connectivity index (χ0v) is 9.95. The van der Waals surface area contributed by atoms with E-state index in [-0.39, 0.29) is 0 Å². The van der Waals surface area contributed by atoms with E-state index in [9.17, 15) is 5.11 Å². The van der Waals surface area contributed by atoms with E-state index in [0.717, 1.165) is 24.8 Å². The summed E-state index contributed by atoms with van der Waals surface area (Å²) in [7, 11) is 0. The van der Waals surface area contributed by atoms with E-state index in [4.69, 9.17) is 5.73 Å². The molecule has 0 bridgehead atoms. The van der Waals surface area contributed by atoms with Gasteiger partial charge in [0.2, 0.25) is 0 Å². The minimum absolute atomic E-state index is 0.423. The highest BCUT2D eigenvalue weighted by Gasteiger charge is 2.38. The lowest BCUT2D eigenvalue weighted by molar-refractivity contribution is -0.0405. The topological polar surface area (TPSA) is 46.2 Å². The first-order chi connectivity index (χ1) is 7.66. The zero-order chi connectivity index (χ0) is 11.6. The Morgan fingerprint density at radius 3 is 2.62 bits per heavy atom. The van der Waals surface area contributed by atoms with E-state index < -0.39 is 5.60 Å². The predicted molar refractivity (Wildman–Crippen MR) is 66.1 cm³/mol. The highest BCUT2D eigenvalue weighted by Crippen LogP contribution is 2.43. The summed E-state index contributed by atoms with van der Waals surface area (Å²) in [6, 6.07) is 8.15. The fourth-order valence-electron chi connectivity index (χ4n) is 2.58. The fourth-order valence-corrected chi connectivity index (χ4v) is 2.58. The second kappa shape index (κ2) is 4.56. The third kappa shape index (κ3) is 2.00. The van der Waals surface area contributed by atoms with E-state index in [1.54, 1.807) is 0 Å². The first kappa shape index (κ1) is 11.6. The summed E-state index contributed by atoms with van der Waals surface area (Å²) in [5.74, 6) is 0.423. The molecule has 1 atom stereocenters. The van der Waals surface area contributed by atoms with Crippen molar-refractivity contribution in [3.8, 4) is 0 Å². The van der Waals surface area contributed by atoms with Crippen molar-refractivity contribution in [2.45, 2.75) is 38.2 Å². The molecule has 3 N–H and O–H groups in total. The average Bonchev–Trinajstić information content (AvgIpc) is 2.15. The Bertz CT molecular complexity index is 356. The lowest BCUT2D eigenvalue weighted by atomic mass is 9.69. The first-order valence-corrected chi connectivity index (χ1v) is 6.17. The first-order valence-electron chi connectivity index (χ1n) is 6.17. The number of hydrogen-bond acceptors (Lipinski definition) is 2. The Morgan fingerprint density at radius 2 is 2.06 bits per heavy atom. The molecule has 2 nitrogen and oxygen atoms in total. The van der Waals surface area contributed by atoms with Crippen molar-refractivity contribution in [1.82, 2.24) is 0 Å². The van der Waals surface area contributed by atoms with Crippen LogP contribution in [0.25, 0.3) is 0 Å². The third-order valence-electron chi connectivity index (χ3n) is 3.88. The van der Waals surface area contributed by atoms with Crippen molar-refractivity contribution >= 4 is 0 Å². The summed E-state index contributed by atoms with van der Waals surface area (Å²) in [5.41, 5.74) is 7.21. The normalized spacial score (nSPS) is 20.2. The maximum absolute atomic E-state index is 10.7. The zero-order valence-electron chi connectivity index (χ0n) is 9.95. The van der Waals surface area contributed by atoms with Crippen LogP contribution >= 0.6 is 0 Å². The molecule has 16 heavy (non-hydrogen) atoms. The molecule has 1 unspecified atom stereocenters. The summed E-state index contributed by atoms with van der Waals surface area (Å²) >= 11 is 0. The molecule has 0 heterocycles. The SMILES string of the molecule is CC(O)(c1ccccc1CCN)C1CCC1. The molecular formula is C14H21NO. The molecule has 2 heteroatoms. The van der Waals surface area contributed by atoms with Gasteiger partial charge in [-0.2, -0.15) is 0 Å². The second-order valence-corrected chi connectivity index (χ2v) is 4.97. The largest absolute Gasteiger partial charge is 0.385 e. The monoisotopic (exact) mass is 219 g/mol. The highest BCUT2D eigenvalue weighted by molar-refractivity contribution is 5.33. The van der Waals surface area contributed by atoms with Crippen LogP contribution in [0.2, 0.25) is 0 Å². The summed E-state index contributed by atoms with van der Waals surface area (Å²) in [6.07, 6.45) is 4.38. The number of aliphatic hydroxyl groups is 1. The minimum Gasteiger partial charge on any atom is -0.385 e. The van der Waals surface area contributed by atoms with Crippen LogP contribution < -0.4 is 5.73 Å². The van der Waals surface area contributed by atoms with Crippen molar-refractivity contribution in [2.75, 3.05) is 6.54 Å². The van der Waals surface area contributed by atoms with Crippen LogP contribution in [0.15, 0.2) is 24.3 Å². The van der Waals surface area contributed by atoms with Gasteiger partial charge in [0.15, 0.2) is 0 Å². The van der Waals surface area contributed by atoms with Gasteiger partial charge in [-0.15, -0.1) is 0 Å². The Balaban J connectivity index is 2.30. The van der Waals surface area contributed by atoms with Crippen molar-refractivity contribution < 1.29 is 5.11 Å². The van der Waals surface area contributed by atoms with Crippen LogP contribution in [0.4, 0.5) is 0 Å². The van der Waals surface area contributed by atoms with E-state index in [1.165, 1.54) is 12.0 Å². The van der Waals surface area contributed by atoms with Gasteiger partial charge in [0, 0.05) is 0 Å². The maximum atomic E-state index is 10.7. The molecule has 0 saturated heterocycles. The molecule has 1 fully saturated rings. The van der Waals surface area contributed by atoms with E-state index in [1.807, 2.05) is 25.1 Å². The number of nitrogens with two attached hydrogens (primary N) is 1. The van der Waals surface area contributed by atoms with Crippen LogP contribution in [0.3, 0.4) is 0 Å². The maximum Gasteiger partial charge on any atom is 0.0899 e. The average molecular weight is 219 g/mol. The molecule has 0 radical (unpaired) electrons. The number of benzene rings is 1. The van der Waals surface area contributed by atoms with Gasteiger partial charge in [0.25, 0.3) is 0 Å². The molecule has 88 valence electrons. The molecule has 0 amide bonds. The molecule has 2 rings (SSSR count). The molecule has 1 aromatic rings.